The van der Waals surface area contributed by atoms with E-state index in [0.29, 0.717) is 0 Å². The van der Waals surface area contributed by atoms with E-state index in [0.717, 1.165) is 37.7 Å². The number of piperazine rings is 1. The van der Waals surface area contributed by atoms with E-state index < -0.39 is 0 Å². The first kappa shape index (κ1) is 15.3. The topological polar surface area (TPSA) is 33.7 Å². The van der Waals surface area contributed by atoms with Crippen LogP contribution < -0.4 is 14.8 Å². The maximum absolute atomic E-state index is 5.48. The molecule has 1 aliphatic rings. The van der Waals surface area contributed by atoms with Crippen LogP contribution in [0.15, 0.2) is 35.0 Å². The highest BCUT2D eigenvalue weighted by Gasteiger charge is 2.25. The van der Waals surface area contributed by atoms with Gasteiger partial charge < -0.3 is 14.8 Å². The molecule has 4 nitrogen and oxygen atoms in total. The highest BCUT2D eigenvalue weighted by atomic mass is 32.1. The smallest absolute Gasteiger partial charge is 0.161 e. The van der Waals surface area contributed by atoms with Crippen LogP contribution in [0.4, 0.5) is 0 Å². The Bertz CT molecular complexity index is 595. The van der Waals surface area contributed by atoms with E-state index in [9.17, 15) is 0 Å². The SMILES string of the molecule is COc1ccc(C(c2ccsc2)N2CCNCC2)cc1OC. The van der Waals surface area contributed by atoms with Crippen LogP contribution in [0.1, 0.15) is 17.2 Å². The molecule has 5 heteroatoms. The molecule has 118 valence electrons. The molecule has 0 amide bonds. The molecule has 0 bridgehead atoms. The number of hydrogen-bond acceptors (Lipinski definition) is 5. The molecule has 22 heavy (non-hydrogen) atoms. The molecule has 1 N–H and O–H groups in total. The predicted octanol–water partition coefficient (Wildman–Crippen LogP) is 2.76. The summed E-state index contributed by atoms with van der Waals surface area (Å²) >= 11 is 1.75. The predicted molar refractivity (Wildman–Crippen MR) is 90.2 cm³/mol. The summed E-state index contributed by atoms with van der Waals surface area (Å²) in [6.45, 7) is 4.17. The van der Waals surface area contributed by atoms with Crippen LogP contribution in [0.3, 0.4) is 0 Å². The lowest BCUT2D eigenvalue weighted by Crippen LogP contribution is -2.45. The van der Waals surface area contributed by atoms with Gasteiger partial charge in [0.1, 0.15) is 0 Å². The lowest BCUT2D eigenvalue weighted by Gasteiger charge is -2.35. The van der Waals surface area contributed by atoms with Gasteiger partial charge in [-0.15, -0.1) is 0 Å². The Kier molecular flexibility index (Phi) is 4.97. The van der Waals surface area contributed by atoms with Crippen LogP contribution in [-0.2, 0) is 0 Å². The fourth-order valence-electron chi connectivity index (χ4n) is 3.01. The molecule has 1 aliphatic heterocycles. The minimum Gasteiger partial charge on any atom is -0.493 e. The van der Waals surface area contributed by atoms with Gasteiger partial charge in [-0.3, -0.25) is 4.90 Å². The summed E-state index contributed by atoms with van der Waals surface area (Å²) in [5.74, 6) is 1.56. The Morgan fingerprint density at radius 2 is 1.82 bits per heavy atom. The Morgan fingerprint density at radius 1 is 1.05 bits per heavy atom. The van der Waals surface area contributed by atoms with E-state index in [2.05, 4.69) is 39.2 Å². The normalized spacial score (nSPS) is 17.2. The van der Waals surface area contributed by atoms with Crippen molar-refractivity contribution in [2.45, 2.75) is 6.04 Å². The second-order valence-electron chi connectivity index (χ2n) is 5.36. The number of thiophene rings is 1. The molecule has 0 radical (unpaired) electrons. The van der Waals surface area contributed by atoms with Gasteiger partial charge in [0, 0.05) is 26.2 Å². The molecule has 1 aromatic heterocycles. The summed E-state index contributed by atoms with van der Waals surface area (Å²) < 4.78 is 10.8. The van der Waals surface area contributed by atoms with Crippen LogP contribution in [0.2, 0.25) is 0 Å². The monoisotopic (exact) mass is 318 g/mol. The van der Waals surface area contributed by atoms with Gasteiger partial charge in [-0.1, -0.05) is 6.07 Å². The van der Waals surface area contributed by atoms with Gasteiger partial charge in [-0.2, -0.15) is 11.3 Å². The molecule has 1 unspecified atom stereocenters. The zero-order valence-electron chi connectivity index (χ0n) is 13.0. The van der Waals surface area contributed by atoms with Crippen molar-refractivity contribution in [1.82, 2.24) is 10.2 Å². The Hall–Kier alpha value is -1.56. The zero-order chi connectivity index (χ0) is 15.4. The van der Waals surface area contributed by atoms with Crippen molar-refractivity contribution in [2.24, 2.45) is 0 Å². The van der Waals surface area contributed by atoms with Gasteiger partial charge in [-0.05, 0) is 40.1 Å². The number of ether oxygens (including phenoxy) is 2. The highest BCUT2D eigenvalue weighted by molar-refractivity contribution is 7.08. The van der Waals surface area contributed by atoms with E-state index >= 15 is 0 Å². The molecule has 3 rings (SSSR count). The Morgan fingerprint density at radius 3 is 2.45 bits per heavy atom. The third-order valence-corrected chi connectivity index (χ3v) is 4.80. The molecule has 2 heterocycles. The minimum absolute atomic E-state index is 0.271. The summed E-state index contributed by atoms with van der Waals surface area (Å²) in [5.41, 5.74) is 2.59. The van der Waals surface area contributed by atoms with Crippen molar-refractivity contribution in [3.05, 3.63) is 46.2 Å². The van der Waals surface area contributed by atoms with Crippen LogP contribution in [0.5, 0.6) is 11.5 Å². The zero-order valence-corrected chi connectivity index (χ0v) is 13.9. The molecule has 0 saturated carbocycles. The maximum Gasteiger partial charge on any atom is 0.161 e. The number of nitrogens with one attached hydrogen (secondary N) is 1. The first-order valence-corrected chi connectivity index (χ1v) is 8.46. The third-order valence-electron chi connectivity index (χ3n) is 4.10. The van der Waals surface area contributed by atoms with Gasteiger partial charge in [0.2, 0.25) is 0 Å². The molecule has 1 fully saturated rings. The second-order valence-corrected chi connectivity index (χ2v) is 6.14. The number of benzene rings is 1. The first-order valence-electron chi connectivity index (χ1n) is 7.52. The largest absolute Gasteiger partial charge is 0.493 e. The Labute approximate surface area is 135 Å². The lowest BCUT2D eigenvalue weighted by atomic mass is 9.98. The third kappa shape index (κ3) is 3.11. The fraction of sp³-hybridized carbons (Fsp3) is 0.412. The van der Waals surface area contributed by atoms with Gasteiger partial charge in [0.05, 0.1) is 20.3 Å². The first-order chi connectivity index (χ1) is 10.8. The van der Waals surface area contributed by atoms with E-state index in [1.165, 1.54) is 11.1 Å². The van der Waals surface area contributed by atoms with Gasteiger partial charge in [-0.25, -0.2) is 0 Å². The summed E-state index contributed by atoms with van der Waals surface area (Å²) in [6, 6.07) is 8.73. The molecular weight excluding hydrogens is 296 g/mol. The Balaban J connectivity index is 1.98. The van der Waals surface area contributed by atoms with Gasteiger partial charge in [0.15, 0.2) is 11.5 Å². The number of hydrogen-bond donors (Lipinski definition) is 1. The summed E-state index contributed by atoms with van der Waals surface area (Å²) in [4.78, 5) is 2.53. The standard InChI is InChI=1S/C17H22N2O2S/c1-20-15-4-3-13(11-16(15)21-2)17(14-5-10-22-12-14)19-8-6-18-7-9-19/h3-5,10-12,17-18H,6-9H2,1-2H3. The van der Waals surface area contributed by atoms with Crippen molar-refractivity contribution in [3.63, 3.8) is 0 Å². The summed E-state index contributed by atoms with van der Waals surface area (Å²) in [5, 5.41) is 7.81. The molecule has 2 aromatic rings. The molecule has 0 spiro atoms. The van der Waals surface area contributed by atoms with Crippen molar-refractivity contribution < 1.29 is 9.47 Å². The fourth-order valence-corrected chi connectivity index (χ4v) is 3.69. The number of rotatable bonds is 5. The van der Waals surface area contributed by atoms with Gasteiger partial charge >= 0.3 is 0 Å². The second kappa shape index (κ2) is 7.13. The van der Waals surface area contributed by atoms with Crippen LogP contribution in [0, 0.1) is 0 Å². The lowest BCUT2D eigenvalue weighted by molar-refractivity contribution is 0.198. The average Bonchev–Trinajstić information content (AvgIpc) is 3.10. The van der Waals surface area contributed by atoms with Crippen molar-refractivity contribution in [3.8, 4) is 11.5 Å². The van der Waals surface area contributed by atoms with E-state index in [-0.39, 0.29) is 6.04 Å². The van der Waals surface area contributed by atoms with Crippen LogP contribution in [0.25, 0.3) is 0 Å². The molecule has 1 aromatic carbocycles. The van der Waals surface area contributed by atoms with Crippen LogP contribution >= 0.6 is 11.3 Å². The minimum atomic E-state index is 0.271. The highest BCUT2D eigenvalue weighted by Crippen LogP contribution is 2.35. The summed E-state index contributed by atoms with van der Waals surface area (Å²) in [6.07, 6.45) is 0. The number of nitrogens with zero attached hydrogens (tertiary/aromatic N) is 1. The van der Waals surface area contributed by atoms with Crippen molar-refractivity contribution >= 4 is 11.3 Å². The molecular formula is C17H22N2O2S. The van der Waals surface area contributed by atoms with E-state index in [1.807, 2.05) is 6.07 Å². The van der Waals surface area contributed by atoms with Gasteiger partial charge in [0.25, 0.3) is 0 Å². The maximum atomic E-state index is 5.48. The van der Waals surface area contributed by atoms with Crippen molar-refractivity contribution in [2.75, 3.05) is 40.4 Å². The summed E-state index contributed by atoms with van der Waals surface area (Å²) in [7, 11) is 3.36. The van der Waals surface area contributed by atoms with Crippen molar-refractivity contribution in [1.29, 1.82) is 0 Å². The average molecular weight is 318 g/mol. The van der Waals surface area contributed by atoms with E-state index in [4.69, 9.17) is 9.47 Å². The quantitative estimate of drug-likeness (QED) is 0.919. The van der Waals surface area contributed by atoms with Crippen LogP contribution in [-0.4, -0.2) is 45.3 Å². The van der Waals surface area contributed by atoms with E-state index in [1.54, 1.807) is 25.6 Å². The molecule has 1 saturated heterocycles. The molecule has 1 atom stereocenters. The number of methoxy groups -OCH3 is 2. The molecule has 0 aliphatic carbocycles.